The number of rotatable bonds is 1. The molecule has 2 rings (SSSR count). The van der Waals surface area contributed by atoms with Gasteiger partial charge in [0.15, 0.2) is 5.58 Å². The van der Waals surface area contributed by atoms with Gasteiger partial charge in [0.1, 0.15) is 5.52 Å². The third-order valence-corrected chi connectivity index (χ3v) is 2.28. The lowest BCUT2D eigenvalue weighted by atomic mass is 9.97. The van der Waals surface area contributed by atoms with Gasteiger partial charge >= 0.3 is 0 Å². The molecule has 0 radical (unpaired) electrons. The number of oxazole rings is 1. The molecule has 1 N–H and O–H groups in total. The number of nitrogens with zero attached hydrogens (tertiary/aromatic N) is 1. The maximum Gasteiger partial charge on any atom is 0.200 e. The summed E-state index contributed by atoms with van der Waals surface area (Å²) in [7, 11) is 0. The van der Waals surface area contributed by atoms with Crippen molar-refractivity contribution in [3.8, 4) is 0 Å². The predicted molar refractivity (Wildman–Crippen MR) is 58.6 cm³/mol. The summed E-state index contributed by atoms with van der Waals surface area (Å²) in [6, 6.07) is 5.55. The minimum Gasteiger partial charge on any atom is -0.440 e. The average Bonchev–Trinajstić information content (AvgIpc) is 2.59. The standard InChI is InChI=1S/C12H15NO2/c1-12(2,3)11-13-9-6-8(7-14)4-5-10(9)15-11/h4-6,14H,7H2,1-3H3. The number of aromatic nitrogens is 1. The number of aliphatic hydroxyl groups is 1. The van der Waals surface area contributed by atoms with E-state index < -0.39 is 0 Å². The Balaban J connectivity index is 2.56. The molecule has 2 aromatic rings. The van der Waals surface area contributed by atoms with Gasteiger partial charge < -0.3 is 9.52 Å². The SMILES string of the molecule is CC(C)(C)c1nc2cc(CO)ccc2o1. The van der Waals surface area contributed by atoms with E-state index >= 15 is 0 Å². The first-order chi connectivity index (χ1) is 7.00. The van der Waals surface area contributed by atoms with E-state index in [9.17, 15) is 0 Å². The number of fused-ring (bicyclic) bond motifs is 1. The molecule has 1 aromatic carbocycles. The molecule has 0 unspecified atom stereocenters. The van der Waals surface area contributed by atoms with Crippen LogP contribution in [0, 0.1) is 0 Å². The molecule has 0 aliphatic heterocycles. The second-order valence-electron chi connectivity index (χ2n) is 4.73. The van der Waals surface area contributed by atoms with Crippen molar-refractivity contribution in [1.29, 1.82) is 0 Å². The molecule has 80 valence electrons. The van der Waals surface area contributed by atoms with E-state index in [1.54, 1.807) is 0 Å². The van der Waals surface area contributed by atoms with E-state index in [-0.39, 0.29) is 12.0 Å². The maximum absolute atomic E-state index is 9.01. The van der Waals surface area contributed by atoms with Crippen LogP contribution >= 0.6 is 0 Å². The van der Waals surface area contributed by atoms with Crippen LogP contribution in [0.15, 0.2) is 22.6 Å². The van der Waals surface area contributed by atoms with Crippen molar-refractivity contribution in [2.45, 2.75) is 32.8 Å². The Labute approximate surface area is 88.7 Å². The highest BCUT2D eigenvalue weighted by molar-refractivity contribution is 5.73. The smallest absolute Gasteiger partial charge is 0.200 e. The highest BCUT2D eigenvalue weighted by Crippen LogP contribution is 2.26. The van der Waals surface area contributed by atoms with E-state index in [4.69, 9.17) is 9.52 Å². The molecule has 0 aliphatic rings. The van der Waals surface area contributed by atoms with Crippen LogP contribution in [0.25, 0.3) is 11.1 Å². The largest absolute Gasteiger partial charge is 0.440 e. The Morgan fingerprint density at radius 1 is 1.33 bits per heavy atom. The molecule has 15 heavy (non-hydrogen) atoms. The first-order valence-electron chi connectivity index (χ1n) is 5.01. The van der Waals surface area contributed by atoms with Gasteiger partial charge in [-0.2, -0.15) is 0 Å². The second-order valence-corrected chi connectivity index (χ2v) is 4.73. The van der Waals surface area contributed by atoms with Gasteiger partial charge in [-0.05, 0) is 17.7 Å². The van der Waals surface area contributed by atoms with E-state index in [0.717, 1.165) is 22.6 Å². The lowest BCUT2D eigenvalue weighted by Crippen LogP contribution is -2.10. The zero-order valence-corrected chi connectivity index (χ0v) is 9.24. The molecule has 0 bridgehead atoms. The van der Waals surface area contributed by atoms with Crippen LogP contribution in [0.5, 0.6) is 0 Å². The summed E-state index contributed by atoms with van der Waals surface area (Å²) in [5, 5.41) is 9.01. The first kappa shape index (κ1) is 10.2. The summed E-state index contributed by atoms with van der Waals surface area (Å²) >= 11 is 0. The summed E-state index contributed by atoms with van der Waals surface area (Å²) in [5.41, 5.74) is 2.36. The average molecular weight is 205 g/mol. The van der Waals surface area contributed by atoms with Crippen LogP contribution in [-0.4, -0.2) is 10.1 Å². The van der Waals surface area contributed by atoms with Gasteiger partial charge in [0, 0.05) is 5.41 Å². The minimum absolute atomic E-state index is 0.0354. The third-order valence-electron chi connectivity index (χ3n) is 2.28. The first-order valence-corrected chi connectivity index (χ1v) is 5.01. The van der Waals surface area contributed by atoms with Crippen molar-refractivity contribution in [3.63, 3.8) is 0 Å². The monoisotopic (exact) mass is 205 g/mol. The van der Waals surface area contributed by atoms with E-state index in [1.807, 2.05) is 18.2 Å². The number of hydrogen-bond donors (Lipinski definition) is 1. The summed E-state index contributed by atoms with van der Waals surface area (Å²) in [5.74, 6) is 0.729. The Hall–Kier alpha value is -1.35. The van der Waals surface area contributed by atoms with Crippen LogP contribution < -0.4 is 0 Å². The van der Waals surface area contributed by atoms with Gasteiger partial charge in [-0.1, -0.05) is 26.8 Å². The fourth-order valence-corrected chi connectivity index (χ4v) is 1.39. The van der Waals surface area contributed by atoms with Crippen LogP contribution in [0.4, 0.5) is 0 Å². The Kier molecular flexibility index (Phi) is 2.27. The van der Waals surface area contributed by atoms with E-state index in [0.29, 0.717) is 0 Å². The molecule has 0 aliphatic carbocycles. The predicted octanol–water partition coefficient (Wildman–Crippen LogP) is 2.62. The molecule has 0 amide bonds. The van der Waals surface area contributed by atoms with Gasteiger partial charge in [0.05, 0.1) is 6.61 Å². The fraction of sp³-hybridized carbons (Fsp3) is 0.417. The van der Waals surface area contributed by atoms with Crippen LogP contribution in [-0.2, 0) is 12.0 Å². The quantitative estimate of drug-likeness (QED) is 0.778. The van der Waals surface area contributed by atoms with Crippen molar-refractivity contribution in [2.75, 3.05) is 0 Å². The lowest BCUT2D eigenvalue weighted by molar-refractivity contribution is 0.282. The molecule has 3 heteroatoms. The number of hydrogen-bond acceptors (Lipinski definition) is 3. The third kappa shape index (κ3) is 1.88. The highest BCUT2D eigenvalue weighted by atomic mass is 16.3. The zero-order valence-electron chi connectivity index (χ0n) is 9.24. The van der Waals surface area contributed by atoms with E-state index in [2.05, 4.69) is 25.8 Å². The van der Waals surface area contributed by atoms with Gasteiger partial charge in [-0.15, -0.1) is 0 Å². The van der Waals surface area contributed by atoms with Crippen molar-refractivity contribution >= 4 is 11.1 Å². The molecule has 0 atom stereocenters. The summed E-state index contributed by atoms with van der Waals surface area (Å²) in [4.78, 5) is 4.41. The number of benzene rings is 1. The molecule has 1 heterocycles. The van der Waals surface area contributed by atoms with Crippen molar-refractivity contribution in [1.82, 2.24) is 4.98 Å². The van der Waals surface area contributed by atoms with Gasteiger partial charge in [-0.25, -0.2) is 4.98 Å². The molecular weight excluding hydrogens is 190 g/mol. The Bertz CT molecular complexity index is 480. The van der Waals surface area contributed by atoms with E-state index in [1.165, 1.54) is 0 Å². The molecule has 0 saturated carbocycles. The molecule has 1 aromatic heterocycles. The summed E-state index contributed by atoms with van der Waals surface area (Å²) in [6.45, 7) is 6.22. The van der Waals surface area contributed by atoms with Gasteiger partial charge in [0.2, 0.25) is 5.89 Å². The van der Waals surface area contributed by atoms with Crippen molar-refractivity contribution in [3.05, 3.63) is 29.7 Å². The topological polar surface area (TPSA) is 46.3 Å². The highest BCUT2D eigenvalue weighted by Gasteiger charge is 2.20. The van der Waals surface area contributed by atoms with Crippen molar-refractivity contribution < 1.29 is 9.52 Å². The fourth-order valence-electron chi connectivity index (χ4n) is 1.39. The summed E-state index contributed by atoms with van der Waals surface area (Å²) in [6.07, 6.45) is 0. The Morgan fingerprint density at radius 2 is 2.07 bits per heavy atom. The molecule has 0 saturated heterocycles. The maximum atomic E-state index is 9.01. The van der Waals surface area contributed by atoms with Crippen molar-refractivity contribution in [2.24, 2.45) is 0 Å². The normalized spacial score (nSPS) is 12.3. The van der Waals surface area contributed by atoms with Crippen LogP contribution in [0.1, 0.15) is 32.2 Å². The minimum atomic E-state index is -0.0849. The second kappa shape index (κ2) is 3.35. The lowest BCUT2D eigenvalue weighted by Gasteiger charge is -2.11. The number of aliphatic hydroxyl groups excluding tert-OH is 1. The molecular formula is C12H15NO2. The molecule has 3 nitrogen and oxygen atoms in total. The Morgan fingerprint density at radius 3 is 2.67 bits per heavy atom. The van der Waals surface area contributed by atoms with Gasteiger partial charge in [-0.3, -0.25) is 0 Å². The van der Waals surface area contributed by atoms with Gasteiger partial charge in [0.25, 0.3) is 0 Å². The van der Waals surface area contributed by atoms with Crippen LogP contribution in [0.2, 0.25) is 0 Å². The summed E-state index contributed by atoms with van der Waals surface area (Å²) < 4.78 is 5.64. The molecule has 0 spiro atoms. The van der Waals surface area contributed by atoms with Crippen LogP contribution in [0.3, 0.4) is 0 Å². The molecule has 0 fully saturated rings. The zero-order chi connectivity index (χ0) is 11.1.